The first kappa shape index (κ1) is 13.4. The number of hydrogen-bond acceptors (Lipinski definition) is 3. The molecule has 0 amide bonds. The lowest BCUT2D eigenvalue weighted by Gasteiger charge is -2.18. The number of anilines is 2. The number of nitrogens with two attached hydrogens (primary N) is 1. The van der Waals surface area contributed by atoms with Crippen LogP contribution in [0, 0.1) is 0 Å². The summed E-state index contributed by atoms with van der Waals surface area (Å²) in [6.07, 6.45) is 0. The lowest BCUT2D eigenvalue weighted by atomic mass is 10.1. The Kier molecular flexibility index (Phi) is 4.07. The monoisotopic (exact) mass is 274 g/mol. The van der Waals surface area contributed by atoms with Crippen LogP contribution in [0.15, 0.2) is 48.5 Å². The largest absolute Gasteiger partial charge is 0.398 e. The molecule has 19 heavy (non-hydrogen) atoms. The van der Waals surface area contributed by atoms with Gasteiger partial charge in [0.2, 0.25) is 0 Å². The van der Waals surface area contributed by atoms with Gasteiger partial charge >= 0.3 is 0 Å². The van der Waals surface area contributed by atoms with E-state index in [1.165, 1.54) is 0 Å². The molecule has 2 aromatic carbocycles. The molecular formula is C15H15ClN2O. The first-order valence-corrected chi connectivity index (χ1v) is 6.30. The van der Waals surface area contributed by atoms with Crippen LogP contribution in [0.5, 0.6) is 0 Å². The summed E-state index contributed by atoms with van der Waals surface area (Å²) in [5, 5.41) is 0.466. The molecule has 2 aromatic rings. The minimum Gasteiger partial charge on any atom is -0.398 e. The zero-order valence-electron chi connectivity index (χ0n) is 10.6. The van der Waals surface area contributed by atoms with Crippen molar-refractivity contribution in [2.24, 2.45) is 0 Å². The van der Waals surface area contributed by atoms with Crippen LogP contribution in [0.2, 0.25) is 5.02 Å². The van der Waals surface area contributed by atoms with Gasteiger partial charge in [0.25, 0.3) is 0 Å². The lowest BCUT2D eigenvalue weighted by Crippen LogP contribution is -2.25. The van der Waals surface area contributed by atoms with Gasteiger partial charge in [0, 0.05) is 18.3 Å². The smallest absolute Gasteiger partial charge is 0.182 e. The summed E-state index contributed by atoms with van der Waals surface area (Å²) >= 11 is 5.84. The van der Waals surface area contributed by atoms with E-state index < -0.39 is 0 Å². The van der Waals surface area contributed by atoms with Crippen molar-refractivity contribution in [3.05, 3.63) is 59.1 Å². The van der Waals surface area contributed by atoms with E-state index in [4.69, 9.17) is 17.3 Å². The van der Waals surface area contributed by atoms with Gasteiger partial charge < -0.3 is 10.6 Å². The molecule has 0 bridgehead atoms. The van der Waals surface area contributed by atoms with Gasteiger partial charge in [0.05, 0.1) is 17.3 Å². The normalized spacial score (nSPS) is 10.2. The number of nitrogens with zero attached hydrogens (tertiary/aromatic N) is 1. The van der Waals surface area contributed by atoms with Crippen LogP contribution in [0.25, 0.3) is 0 Å². The number of likely N-dealkylation sites (N-methyl/N-ethyl adjacent to an activating group) is 1. The van der Waals surface area contributed by atoms with Crippen LogP contribution < -0.4 is 10.6 Å². The fraction of sp³-hybridized carbons (Fsp3) is 0.133. The molecule has 3 nitrogen and oxygen atoms in total. The third-order valence-electron chi connectivity index (χ3n) is 2.90. The second-order valence-corrected chi connectivity index (χ2v) is 4.76. The van der Waals surface area contributed by atoms with Crippen LogP contribution in [-0.4, -0.2) is 19.4 Å². The van der Waals surface area contributed by atoms with Crippen molar-refractivity contribution in [1.29, 1.82) is 0 Å². The summed E-state index contributed by atoms with van der Waals surface area (Å²) in [5.41, 5.74) is 7.70. The van der Waals surface area contributed by atoms with E-state index in [-0.39, 0.29) is 5.78 Å². The predicted molar refractivity (Wildman–Crippen MR) is 79.9 cm³/mol. The van der Waals surface area contributed by atoms with Crippen LogP contribution in [0.4, 0.5) is 11.4 Å². The van der Waals surface area contributed by atoms with Crippen molar-refractivity contribution in [2.75, 3.05) is 24.2 Å². The minimum absolute atomic E-state index is 0.00900. The van der Waals surface area contributed by atoms with E-state index >= 15 is 0 Å². The van der Waals surface area contributed by atoms with E-state index in [1.807, 2.05) is 42.3 Å². The maximum atomic E-state index is 12.2. The molecule has 0 atom stereocenters. The molecule has 0 fully saturated rings. The maximum Gasteiger partial charge on any atom is 0.182 e. The zero-order chi connectivity index (χ0) is 13.8. The van der Waals surface area contributed by atoms with Gasteiger partial charge in [-0.2, -0.15) is 0 Å². The van der Waals surface area contributed by atoms with Crippen molar-refractivity contribution in [1.82, 2.24) is 0 Å². The lowest BCUT2D eigenvalue weighted by molar-refractivity contribution is 0.100. The molecule has 0 heterocycles. The van der Waals surface area contributed by atoms with Crippen molar-refractivity contribution >= 4 is 28.8 Å². The molecule has 0 spiro atoms. The molecule has 0 saturated heterocycles. The molecule has 0 aliphatic carbocycles. The van der Waals surface area contributed by atoms with E-state index in [2.05, 4.69) is 0 Å². The SMILES string of the molecule is CN(CC(=O)c1ccc(Cl)c(N)c1)c1ccccc1. The van der Waals surface area contributed by atoms with Crippen LogP contribution in [0.1, 0.15) is 10.4 Å². The van der Waals surface area contributed by atoms with Gasteiger partial charge in [-0.1, -0.05) is 29.8 Å². The molecule has 0 unspecified atom stereocenters. The number of rotatable bonds is 4. The van der Waals surface area contributed by atoms with Crippen molar-refractivity contribution in [3.8, 4) is 0 Å². The fourth-order valence-electron chi connectivity index (χ4n) is 1.80. The minimum atomic E-state index is 0.00900. The highest BCUT2D eigenvalue weighted by Crippen LogP contribution is 2.20. The average molecular weight is 275 g/mol. The van der Waals surface area contributed by atoms with E-state index in [1.54, 1.807) is 18.2 Å². The zero-order valence-corrected chi connectivity index (χ0v) is 11.4. The number of halogens is 1. The van der Waals surface area contributed by atoms with Crippen LogP contribution in [0.3, 0.4) is 0 Å². The number of hydrogen-bond donors (Lipinski definition) is 1. The molecule has 0 aromatic heterocycles. The van der Waals surface area contributed by atoms with E-state index in [9.17, 15) is 4.79 Å². The summed E-state index contributed by atoms with van der Waals surface area (Å²) in [5.74, 6) is 0.00900. The Hall–Kier alpha value is -2.00. The number of benzene rings is 2. The first-order chi connectivity index (χ1) is 9.08. The Morgan fingerprint density at radius 1 is 1.21 bits per heavy atom. The van der Waals surface area contributed by atoms with Gasteiger partial charge in [-0.25, -0.2) is 0 Å². The van der Waals surface area contributed by atoms with E-state index in [0.29, 0.717) is 22.8 Å². The molecule has 0 aliphatic rings. The summed E-state index contributed by atoms with van der Waals surface area (Å²) < 4.78 is 0. The van der Waals surface area contributed by atoms with Crippen molar-refractivity contribution < 1.29 is 4.79 Å². The number of ketones is 1. The second kappa shape index (κ2) is 5.76. The quantitative estimate of drug-likeness (QED) is 0.688. The summed E-state index contributed by atoms with van der Waals surface area (Å²) in [6, 6.07) is 14.7. The summed E-state index contributed by atoms with van der Waals surface area (Å²) in [7, 11) is 1.88. The number of carbonyl (C=O) groups is 1. The third kappa shape index (κ3) is 3.26. The Bertz CT molecular complexity index is 584. The number of carbonyl (C=O) groups excluding carboxylic acids is 1. The number of nitrogen functional groups attached to an aromatic ring is 1. The van der Waals surface area contributed by atoms with Gasteiger partial charge in [-0.05, 0) is 30.3 Å². The Labute approximate surface area is 117 Å². The van der Waals surface area contributed by atoms with Gasteiger partial charge in [0.15, 0.2) is 5.78 Å². The molecule has 0 saturated carbocycles. The molecule has 4 heteroatoms. The molecule has 2 rings (SSSR count). The Morgan fingerprint density at radius 3 is 2.53 bits per heavy atom. The molecular weight excluding hydrogens is 260 g/mol. The molecule has 2 N–H and O–H groups in total. The topological polar surface area (TPSA) is 46.3 Å². The van der Waals surface area contributed by atoms with Crippen LogP contribution >= 0.6 is 11.6 Å². The standard InChI is InChI=1S/C15H15ClN2O/c1-18(12-5-3-2-4-6-12)10-15(19)11-7-8-13(16)14(17)9-11/h2-9H,10,17H2,1H3. The highest BCUT2D eigenvalue weighted by molar-refractivity contribution is 6.33. The fourth-order valence-corrected chi connectivity index (χ4v) is 1.92. The van der Waals surface area contributed by atoms with Gasteiger partial charge in [-0.3, -0.25) is 4.79 Å². The maximum absolute atomic E-state index is 12.2. The molecule has 0 aliphatic heterocycles. The summed E-state index contributed by atoms with van der Waals surface area (Å²) in [6.45, 7) is 0.297. The first-order valence-electron chi connectivity index (χ1n) is 5.92. The summed E-state index contributed by atoms with van der Waals surface area (Å²) in [4.78, 5) is 14.0. The third-order valence-corrected chi connectivity index (χ3v) is 3.24. The second-order valence-electron chi connectivity index (χ2n) is 4.35. The van der Waals surface area contributed by atoms with Gasteiger partial charge in [-0.15, -0.1) is 0 Å². The Balaban J connectivity index is 2.11. The van der Waals surface area contributed by atoms with E-state index in [0.717, 1.165) is 5.69 Å². The number of Topliss-reactive ketones (excluding diaryl/α,β-unsaturated/α-hetero) is 1. The number of para-hydroxylation sites is 1. The molecule has 98 valence electrons. The Morgan fingerprint density at radius 2 is 1.89 bits per heavy atom. The predicted octanol–water partition coefficient (Wildman–Crippen LogP) is 3.24. The highest BCUT2D eigenvalue weighted by Gasteiger charge is 2.11. The average Bonchev–Trinajstić information content (AvgIpc) is 2.42. The van der Waals surface area contributed by atoms with Gasteiger partial charge in [0.1, 0.15) is 0 Å². The molecule has 0 radical (unpaired) electrons. The highest BCUT2D eigenvalue weighted by atomic mass is 35.5. The van der Waals surface area contributed by atoms with Crippen LogP contribution in [-0.2, 0) is 0 Å². The van der Waals surface area contributed by atoms with Crippen molar-refractivity contribution in [3.63, 3.8) is 0 Å². The van der Waals surface area contributed by atoms with Crippen molar-refractivity contribution in [2.45, 2.75) is 0 Å².